The number of hydrogen-bond acceptors (Lipinski definition) is 2. The van der Waals surface area contributed by atoms with Crippen molar-refractivity contribution in [3.63, 3.8) is 0 Å². The second-order valence-corrected chi connectivity index (χ2v) is 3.52. The van der Waals surface area contributed by atoms with Crippen molar-refractivity contribution in [2.45, 2.75) is 51.0 Å². The zero-order chi connectivity index (χ0) is 9.23. The number of aliphatic hydroxyl groups is 1. The molecule has 0 spiro atoms. The Labute approximate surface area is 84.2 Å². The second kappa shape index (κ2) is 9.59. The molecule has 0 aromatic carbocycles. The van der Waals surface area contributed by atoms with Gasteiger partial charge in [-0.2, -0.15) is 3.84 Å². The van der Waals surface area contributed by atoms with E-state index in [1.54, 1.807) is 0 Å². The highest BCUT2D eigenvalue weighted by atomic mass is 35.6. The monoisotopic (exact) mass is 214 g/mol. The first-order valence-corrected chi connectivity index (χ1v) is 5.00. The van der Waals surface area contributed by atoms with Gasteiger partial charge in [-0.1, -0.05) is 32.1 Å². The highest BCUT2D eigenvalue weighted by molar-refractivity contribution is 6.24. The molecule has 1 rings (SSSR count). The third-order valence-corrected chi connectivity index (χ3v) is 2.07. The Morgan fingerprint density at radius 2 is 1.25 bits per heavy atom. The molecule has 0 heterocycles. The fraction of sp³-hybridized carbons (Fsp3) is 1.00. The normalized spacial score (nSPS) is 20.2. The fourth-order valence-corrected chi connectivity index (χ4v) is 1.43. The van der Waals surface area contributed by atoms with Crippen LogP contribution in [0.4, 0.5) is 0 Å². The van der Waals surface area contributed by atoms with Crippen molar-refractivity contribution in [3.05, 3.63) is 0 Å². The molecule has 0 atom stereocenters. The summed E-state index contributed by atoms with van der Waals surface area (Å²) < 4.78 is 3.19. The summed E-state index contributed by atoms with van der Waals surface area (Å²) in [5.74, 6) is 0. The van der Waals surface area contributed by atoms with Crippen LogP contribution in [0.2, 0.25) is 0 Å². The summed E-state index contributed by atoms with van der Waals surface area (Å²) in [7, 11) is 0. The van der Waals surface area contributed by atoms with Crippen molar-refractivity contribution in [1.29, 1.82) is 0 Å². The van der Waals surface area contributed by atoms with Gasteiger partial charge in [0.1, 0.15) is 0 Å². The van der Waals surface area contributed by atoms with Crippen molar-refractivity contribution < 1.29 is 8.95 Å². The highest BCUT2D eigenvalue weighted by Crippen LogP contribution is 2.16. The molecule has 0 bridgehead atoms. The van der Waals surface area contributed by atoms with Gasteiger partial charge in [-0.05, 0) is 12.8 Å². The molecule has 1 aliphatic carbocycles. The van der Waals surface area contributed by atoms with Crippen LogP contribution in [-0.4, -0.2) is 11.2 Å². The van der Waals surface area contributed by atoms with Gasteiger partial charge in [-0.25, -0.2) is 0 Å². The molecular weight excluding hydrogens is 199 g/mol. The molecule has 1 N–H and O–H groups in total. The van der Waals surface area contributed by atoms with E-state index in [1.807, 2.05) is 0 Å². The maximum Gasteiger partial charge on any atom is 0.0832 e. The molecule has 0 radical (unpaired) electrons. The second-order valence-electron chi connectivity index (χ2n) is 3.06. The van der Waals surface area contributed by atoms with Gasteiger partial charge in [0.25, 0.3) is 0 Å². The molecule has 1 saturated carbocycles. The Morgan fingerprint density at radius 3 is 1.67 bits per heavy atom. The van der Waals surface area contributed by atoms with Gasteiger partial charge in [0.15, 0.2) is 0 Å². The molecule has 2 nitrogen and oxygen atoms in total. The lowest BCUT2D eigenvalue weighted by molar-refractivity contribution is 0.141. The van der Waals surface area contributed by atoms with Crippen LogP contribution in [0, 0.1) is 0 Å². The predicted molar refractivity (Wildman–Crippen MR) is 51.1 cm³/mol. The average Bonchev–Trinajstić information content (AvgIpc) is 1.98. The maximum atomic E-state index is 9.21. The largest absolute Gasteiger partial charge is 0.393 e. The van der Waals surface area contributed by atoms with Crippen molar-refractivity contribution in [2.75, 3.05) is 0 Å². The third-order valence-electron chi connectivity index (χ3n) is 2.07. The topological polar surface area (TPSA) is 29.5 Å². The molecule has 0 amide bonds. The molecular formula is C8H16Cl2O2. The molecule has 12 heavy (non-hydrogen) atoms. The van der Waals surface area contributed by atoms with Gasteiger partial charge in [0, 0.05) is 0 Å². The van der Waals surface area contributed by atoms with Gasteiger partial charge in [-0.3, -0.25) is 0 Å². The molecule has 74 valence electrons. The fourth-order valence-electron chi connectivity index (χ4n) is 1.43. The van der Waals surface area contributed by atoms with Crippen LogP contribution in [0.3, 0.4) is 0 Å². The van der Waals surface area contributed by atoms with Gasteiger partial charge in [0.05, 0.1) is 29.8 Å². The summed E-state index contributed by atoms with van der Waals surface area (Å²) in [5.41, 5.74) is 0. The van der Waals surface area contributed by atoms with Crippen molar-refractivity contribution in [2.24, 2.45) is 0 Å². The Morgan fingerprint density at radius 1 is 0.917 bits per heavy atom. The van der Waals surface area contributed by atoms with Crippen molar-refractivity contribution in [3.8, 4) is 0 Å². The Bertz CT molecular complexity index is 83.1. The van der Waals surface area contributed by atoms with Crippen LogP contribution in [0.1, 0.15) is 44.9 Å². The minimum Gasteiger partial charge on any atom is -0.393 e. The van der Waals surface area contributed by atoms with E-state index in [1.165, 1.54) is 32.1 Å². The zero-order valence-electron chi connectivity index (χ0n) is 7.14. The Balaban J connectivity index is 0.000000354. The van der Waals surface area contributed by atoms with Crippen LogP contribution in [-0.2, 0) is 3.84 Å². The quantitative estimate of drug-likeness (QED) is 0.670. The number of aliphatic hydroxyl groups excluding tert-OH is 1. The predicted octanol–water partition coefficient (Wildman–Crippen LogP) is 3.40. The SMILES string of the molecule is ClOCl.OC1CCCCCCC1. The van der Waals surface area contributed by atoms with E-state index < -0.39 is 0 Å². The molecule has 0 unspecified atom stereocenters. The first kappa shape index (κ1) is 12.5. The number of halogens is 2. The Kier molecular flexibility index (Phi) is 9.99. The Hall–Kier alpha value is 0.500. The summed E-state index contributed by atoms with van der Waals surface area (Å²) in [4.78, 5) is 0. The summed E-state index contributed by atoms with van der Waals surface area (Å²) in [5, 5.41) is 9.21. The van der Waals surface area contributed by atoms with E-state index in [9.17, 15) is 5.11 Å². The molecule has 1 fully saturated rings. The van der Waals surface area contributed by atoms with Crippen LogP contribution in [0.25, 0.3) is 0 Å². The van der Waals surface area contributed by atoms with E-state index in [0.29, 0.717) is 0 Å². The van der Waals surface area contributed by atoms with Gasteiger partial charge in [-0.15, -0.1) is 0 Å². The van der Waals surface area contributed by atoms with Gasteiger partial charge >= 0.3 is 0 Å². The molecule has 0 saturated heterocycles. The summed E-state index contributed by atoms with van der Waals surface area (Å²) >= 11 is 8.53. The number of hydrogen-bond donors (Lipinski definition) is 1. The lowest BCUT2D eigenvalue weighted by Crippen LogP contribution is -2.07. The smallest absolute Gasteiger partial charge is 0.0832 e. The minimum absolute atomic E-state index is 0.0188. The maximum absolute atomic E-state index is 9.21. The molecule has 0 aromatic heterocycles. The summed E-state index contributed by atoms with van der Waals surface area (Å²) in [6, 6.07) is 0. The number of rotatable bonds is 0. The molecule has 0 aliphatic heterocycles. The van der Waals surface area contributed by atoms with E-state index in [0.717, 1.165) is 12.8 Å². The first-order chi connectivity index (χ1) is 5.81. The standard InChI is InChI=1S/C8H16O.Cl2O/c9-8-6-4-2-1-3-5-7-8;1-3-2/h8-9H,1-7H2;. The van der Waals surface area contributed by atoms with Crippen LogP contribution in [0.15, 0.2) is 0 Å². The van der Waals surface area contributed by atoms with E-state index in [-0.39, 0.29) is 6.10 Å². The third kappa shape index (κ3) is 8.60. The van der Waals surface area contributed by atoms with Gasteiger partial charge in [0.2, 0.25) is 0 Å². The lowest BCUT2D eigenvalue weighted by Gasteiger charge is -2.13. The summed E-state index contributed by atoms with van der Waals surface area (Å²) in [6.07, 6.45) is 8.62. The van der Waals surface area contributed by atoms with Crippen molar-refractivity contribution in [1.82, 2.24) is 0 Å². The van der Waals surface area contributed by atoms with Gasteiger partial charge < -0.3 is 5.11 Å². The first-order valence-electron chi connectivity index (χ1n) is 4.38. The molecule has 0 aromatic rings. The zero-order valence-corrected chi connectivity index (χ0v) is 8.65. The summed E-state index contributed by atoms with van der Waals surface area (Å²) in [6.45, 7) is 0. The van der Waals surface area contributed by atoms with Crippen molar-refractivity contribution >= 4 is 23.7 Å². The average molecular weight is 215 g/mol. The van der Waals surface area contributed by atoms with Crippen LogP contribution < -0.4 is 0 Å². The van der Waals surface area contributed by atoms with E-state index in [2.05, 4.69) is 27.6 Å². The van der Waals surface area contributed by atoms with E-state index >= 15 is 0 Å². The molecule has 1 aliphatic rings. The molecule has 4 heteroatoms. The van der Waals surface area contributed by atoms with E-state index in [4.69, 9.17) is 0 Å². The van der Waals surface area contributed by atoms with Crippen LogP contribution >= 0.6 is 23.7 Å². The minimum atomic E-state index is 0.0188. The van der Waals surface area contributed by atoms with Crippen LogP contribution in [0.5, 0.6) is 0 Å². The highest BCUT2D eigenvalue weighted by Gasteiger charge is 2.05. The lowest BCUT2D eigenvalue weighted by atomic mass is 9.99.